The Hall–Kier alpha value is -1.88. The quantitative estimate of drug-likeness (QED) is 0.751. The molecule has 128 valence electrons. The molecule has 5 heteroatoms. The first-order valence-corrected chi connectivity index (χ1v) is 8.45. The van der Waals surface area contributed by atoms with E-state index in [1.807, 2.05) is 0 Å². The third-order valence-electron chi connectivity index (χ3n) is 5.10. The maximum Gasteiger partial charge on any atom is 0.129 e. The molecular weight excluding hydrogens is 308 g/mol. The van der Waals surface area contributed by atoms with E-state index in [-0.39, 0.29) is 18.0 Å². The van der Waals surface area contributed by atoms with Crippen LogP contribution in [0.5, 0.6) is 0 Å². The number of benzene rings is 1. The zero-order chi connectivity index (χ0) is 17.1. The van der Waals surface area contributed by atoms with E-state index in [9.17, 15) is 8.78 Å². The second-order valence-corrected chi connectivity index (χ2v) is 6.66. The summed E-state index contributed by atoms with van der Waals surface area (Å²) >= 11 is 0. The van der Waals surface area contributed by atoms with E-state index >= 15 is 0 Å². The van der Waals surface area contributed by atoms with Gasteiger partial charge in [-0.1, -0.05) is 18.2 Å². The molecular formula is C19H23F2N3. The Balaban J connectivity index is 1.84. The van der Waals surface area contributed by atoms with Crippen LogP contribution in [0.4, 0.5) is 8.78 Å². The summed E-state index contributed by atoms with van der Waals surface area (Å²) in [7, 11) is 0. The van der Waals surface area contributed by atoms with Crippen molar-refractivity contribution in [1.29, 1.82) is 0 Å². The molecule has 0 aromatic heterocycles. The van der Waals surface area contributed by atoms with Crippen LogP contribution in [0.1, 0.15) is 37.7 Å². The van der Waals surface area contributed by atoms with E-state index in [0.29, 0.717) is 12.0 Å². The largest absolute Gasteiger partial charge is 0.299 e. The van der Waals surface area contributed by atoms with Crippen LogP contribution in [0.15, 0.2) is 40.3 Å². The summed E-state index contributed by atoms with van der Waals surface area (Å²) in [6, 6.07) is 3.98. The van der Waals surface area contributed by atoms with Gasteiger partial charge in [-0.25, -0.2) is 13.8 Å². The van der Waals surface area contributed by atoms with Crippen molar-refractivity contribution in [3.05, 3.63) is 47.5 Å². The molecule has 0 spiro atoms. The van der Waals surface area contributed by atoms with E-state index < -0.39 is 11.6 Å². The first kappa shape index (κ1) is 17.0. The van der Waals surface area contributed by atoms with Gasteiger partial charge < -0.3 is 0 Å². The van der Waals surface area contributed by atoms with Crippen molar-refractivity contribution in [2.45, 2.75) is 44.2 Å². The van der Waals surface area contributed by atoms with E-state index in [4.69, 9.17) is 0 Å². The minimum Gasteiger partial charge on any atom is -0.299 e. The molecule has 2 heterocycles. The van der Waals surface area contributed by atoms with Gasteiger partial charge >= 0.3 is 0 Å². The van der Waals surface area contributed by atoms with Gasteiger partial charge in [-0.15, -0.1) is 0 Å². The van der Waals surface area contributed by atoms with Crippen LogP contribution in [0, 0.1) is 11.6 Å². The summed E-state index contributed by atoms with van der Waals surface area (Å²) in [5, 5.41) is 0. The van der Waals surface area contributed by atoms with Crippen molar-refractivity contribution in [3.8, 4) is 0 Å². The molecule has 1 aromatic carbocycles. The molecule has 2 aliphatic rings. The topological polar surface area (TPSA) is 28.0 Å². The van der Waals surface area contributed by atoms with Gasteiger partial charge in [0.15, 0.2) is 0 Å². The molecule has 24 heavy (non-hydrogen) atoms. The number of rotatable bonds is 5. The Labute approximate surface area is 141 Å². The van der Waals surface area contributed by atoms with Crippen molar-refractivity contribution in [1.82, 2.24) is 4.90 Å². The van der Waals surface area contributed by atoms with E-state index in [1.165, 1.54) is 18.0 Å². The molecule has 1 fully saturated rings. The number of aliphatic imine (C=N–C) groups is 2. The Morgan fingerprint density at radius 2 is 2.04 bits per heavy atom. The van der Waals surface area contributed by atoms with E-state index in [2.05, 4.69) is 28.4 Å². The van der Waals surface area contributed by atoms with Crippen LogP contribution in [0.3, 0.4) is 0 Å². The molecule has 0 aliphatic carbocycles. The fourth-order valence-corrected chi connectivity index (χ4v) is 3.57. The first-order valence-electron chi connectivity index (χ1n) is 8.45. The van der Waals surface area contributed by atoms with Crippen LogP contribution in [-0.4, -0.2) is 42.6 Å². The summed E-state index contributed by atoms with van der Waals surface area (Å²) in [5.74, 6) is -1.09. The van der Waals surface area contributed by atoms with Crippen LogP contribution < -0.4 is 0 Å². The molecule has 0 amide bonds. The average molecular weight is 331 g/mol. The van der Waals surface area contributed by atoms with Crippen molar-refractivity contribution in [2.75, 3.05) is 13.1 Å². The fourth-order valence-electron chi connectivity index (χ4n) is 3.57. The van der Waals surface area contributed by atoms with Gasteiger partial charge in [0.2, 0.25) is 0 Å². The Bertz CT molecular complexity index is 647. The number of piperidine rings is 1. The number of hydrogen-bond acceptors (Lipinski definition) is 3. The zero-order valence-corrected chi connectivity index (χ0v) is 14.0. The van der Waals surface area contributed by atoms with Crippen LogP contribution in [0.2, 0.25) is 0 Å². The van der Waals surface area contributed by atoms with Gasteiger partial charge in [0.05, 0.1) is 6.04 Å². The second kappa shape index (κ2) is 7.34. The molecule has 0 bridgehead atoms. The van der Waals surface area contributed by atoms with Crippen LogP contribution >= 0.6 is 0 Å². The number of nitrogens with zero attached hydrogens (tertiary/aromatic N) is 3. The summed E-state index contributed by atoms with van der Waals surface area (Å²) in [6.45, 7) is 8.04. The van der Waals surface area contributed by atoms with Gasteiger partial charge in [-0.3, -0.25) is 9.89 Å². The summed E-state index contributed by atoms with van der Waals surface area (Å²) < 4.78 is 27.7. The highest BCUT2D eigenvalue weighted by Gasteiger charge is 2.30. The third kappa shape index (κ3) is 3.78. The molecule has 2 unspecified atom stereocenters. The fraction of sp³-hybridized carbons (Fsp3) is 0.474. The highest BCUT2D eigenvalue weighted by Crippen LogP contribution is 2.33. The summed E-state index contributed by atoms with van der Waals surface area (Å²) in [6.07, 6.45) is 5.96. The number of hydrogen-bond donors (Lipinski definition) is 0. The normalized spacial score (nSPS) is 23.6. The predicted molar refractivity (Wildman–Crippen MR) is 93.9 cm³/mol. The molecule has 0 saturated carbocycles. The predicted octanol–water partition coefficient (Wildman–Crippen LogP) is 3.96. The smallest absolute Gasteiger partial charge is 0.129 e. The molecule has 1 saturated heterocycles. The van der Waals surface area contributed by atoms with Crippen LogP contribution in [-0.2, 0) is 0 Å². The second-order valence-electron chi connectivity index (χ2n) is 6.66. The minimum absolute atomic E-state index is 0.0401. The molecule has 3 nitrogen and oxygen atoms in total. The standard InChI is InChI=1S/C19H23F2N3/c1-13-5-7-24(8-6-13)14(2)18(10-16-11-22-12-23-16)17-4-3-15(20)9-19(17)21/h3-4,9,11-12,14,16,18H,1,5-8,10H2,2H3/t14-,16?,18?/m1/s1. The molecule has 3 rings (SSSR count). The van der Waals surface area contributed by atoms with Gasteiger partial charge in [0.25, 0.3) is 0 Å². The Kier molecular flexibility index (Phi) is 5.19. The van der Waals surface area contributed by atoms with Crippen molar-refractivity contribution in [2.24, 2.45) is 9.98 Å². The molecule has 0 radical (unpaired) electrons. The summed E-state index contributed by atoms with van der Waals surface area (Å²) in [5.41, 5.74) is 1.83. The van der Waals surface area contributed by atoms with Crippen molar-refractivity contribution < 1.29 is 8.78 Å². The lowest BCUT2D eigenvalue weighted by Crippen LogP contribution is -2.42. The molecule has 0 N–H and O–H groups in total. The van der Waals surface area contributed by atoms with Gasteiger partial charge in [0.1, 0.15) is 18.0 Å². The van der Waals surface area contributed by atoms with E-state index in [1.54, 1.807) is 12.3 Å². The first-order chi connectivity index (χ1) is 11.5. The van der Waals surface area contributed by atoms with Crippen molar-refractivity contribution >= 4 is 12.6 Å². The summed E-state index contributed by atoms with van der Waals surface area (Å²) in [4.78, 5) is 10.7. The highest BCUT2D eigenvalue weighted by molar-refractivity contribution is 5.82. The SMILES string of the molecule is C=C1CCN([C@H](C)C(CC2C=NC=N2)c2ccc(F)cc2F)CC1. The third-order valence-corrected chi connectivity index (χ3v) is 5.10. The molecule has 2 aliphatic heterocycles. The zero-order valence-electron chi connectivity index (χ0n) is 14.0. The maximum atomic E-state index is 14.4. The maximum absolute atomic E-state index is 14.4. The van der Waals surface area contributed by atoms with Crippen molar-refractivity contribution in [3.63, 3.8) is 0 Å². The molecule has 1 aromatic rings. The lowest BCUT2D eigenvalue weighted by Gasteiger charge is -2.38. The minimum atomic E-state index is -0.544. The Morgan fingerprint density at radius 1 is 1.29 bits per heavy atom. The lowest BCUT2D eigenvalue weighted by molar-refractivity contribution is 0.165. The van der Waals surface area contributed by atoms with Gasteiger partial charge in [-0.2, -0.15) is 0 Å². The average Bonchev–Trinajstić information content (AvgIpc) is 3.06. The van der Waals surface area contributed by atoms with Crippen LogP contribution in [0.25, 0.3) is 0 Å². The number of likely N-dealkylation sites (tertiary alicyclic amines) is 1. The highest BCUT2D eigenvalue weighted by atomic mass is 19.1. The molecule has 3 atom stereocenters. The monoisotopic (exact) mass is 331 g/mol. The number of halogens is 2. The Morgan fingerprint density at radius 3 is 2.67 bits per heavy atom. The lowest BCUT2D eigenvalue weighted by atomic mass is 9.85. The van der Waals surface area contributed by atoms with E-state index in [0.717, 1.165) is 32.0 Å². The van der Waals surface area contributed by atoms with Gasteiger partial charge in [0, 0.05) is 37.3 Å². The van der Waals surface area contributed by atoms with Gasteiger partial charge in [-0.05, 0) is 37.8 Å².